The van der Waals surface area contributed by atoms with Crippen molar-refractivity contribution in [3.8, 4) is 0 Å². The van der Waals surface area contributed by atoms with Crippen LogP contribution in [0.1, 0.15) is 37.9 Å². The summed E-state index contributed by atoms with van der Waals surface area (Å²) in [4.78, 5) is 0.315. The Morgan fingerprint density at radius 1 is 1.26 bits per heavy atom. The van der Waals surface area contributed by atoms with Gasteiger partial charge in [0.25, 0.3) is 0 Å². The quantitative estimate of drug-likeness (QED) is 0.870. The van der Waals surface area contributed by atoms with Gasteiger partial charge in [-0.3, -0.25) is 0 Å². The van der Waals surface area contributed by atoms with Crippen LogP contribution in [0.2, 0.25) is 0 Å². The van der Waals surface area contributed by atoms with Crippen LogP contribution < -0.4 is 5.32 Å². The zero-order valence-corrected chi connectivity index (χ0v) is 13.4. The molecule has 0 saturated carbocycles. The molecule has 0 aliphatic carbocycles. The fourth-order valence-electron chi connectivity index (χ4n) is 2.36. The van der Waals surface area contributed by atoms with Crippen molar-refractivity contribution in [2.45, 2.75) is 52.1 Å². The summed E-state index contributed by atoms with van der Waals surface area (Å²) >= 11 is 0. The van der Waals surface area contributed by atoms with Crippen LogP contribution in [0.4, 0.5) is 0 Å². The Hall–Kier alpha value is -0.850. The standard InChI is InChI=1S/C13H24N2O3S/c1-7-15(9(2)3)19(16,17)13-11(5)18-10(4)12(13)8-14-6/h9,14H,7-8H2,1-6H3. The van der Waals surface area contributed by atoms with Crippen LogP contribution in [-0.4, -0.2) is 32.4 Å². The van der Waals surface area contributed by atoms with Crippen LogP contribution in [0.25, 0.3) is 0 Å². The Kier molecular flexibility index (Phi) is 5.18. The van der Waals surface area contributed by atoms with Crippen molar-refractivity contribution in [2.75, 3.05) is 13.6 Å². The molecule has 1 rings (SSSR count). The van der Waals surface area contributed by atoms with Gasteiger partial charge in [-0.15, -0.1) is 0 Å². The van der Waals surface area contributed by atoms with Crippen molar-refractivity contribution in [3.05, 3.63) is 17.1 Å². The van der Waals surface area contributed by atoms with Gasteiger partial charge in [-0.2, -0.15) is 4.31 Å². The van der Waals surface area contributed by atoms with Gasteiger partial charge >= 0.3 is 0 Å². The second kappa shape index (κ2) is 6.07. The Labute approximate surface area is 116 Å². The van der Waals surface area contributed by atoms with Gasteiger partial charge in [0, 0.05) is 24.7 Å². The van der Waals surface area contributed by atoms with Crippen molar-refractivity contribution >= 4 is 10.0 Å². The summed E-state index contributed by atoms with van der Waals surface area (Å²) in [5.74, 6) is 1.12. The lowest BCUT2D eigenvalue weighted by atomic mass is 10.2. The van der Waals surface area contributed by atoms with Crippen molar-refractivity contribution in [2.24, 2.45) is 0 Å². The zero-order valence-electron chi connectivity index (χ0n) is 12.6. The maximum atomic E-state index is 12.8. The highest BCUT2D eigenvalue weighted by atomic mass is 32.2. The lowest BCUT2D eigenvalue weighted by Gasteiger charge is -2.24. The summed E-state index contributed by atoms with van der Waals surface area (Å²) in [6.07, 6.45) is 0. The molecule has 0 aliphatic heterocycles. The number of aryl methyl sites for hydroxylation is 2. The van der Waals surface area contributed by atoms with Gasteiger partial charge in [0.1, 0.15) is 16.4 Å². The van der Waals surface area contributed by atoms with Crippen LogP contribution in [0.3, 0.4) is 0 Å². The van der Waals surface area contributed by atoms with Crippen LogP contribution in [0.15, 0.2) is 9.31 Å². The highest BCUT2D eigenvalue weighted by Crippen LogP contribution is 2.30. The number of hydrogen-bond acceptors (Lipinski definition) is 4. The molecule has 6 heteroatoms. The molecule has 0 bridgehead atoms. The van der Waals surface area contributed by atoms with E-state index >= 15 is 0 Å². The highest BCUT2D eigenvalue weighted by molar-refractivity contribution is 7.89. The molecule has 1 aromatic heterocycles. The largest absolute Gasteiger partial charge is 0.465 e. The first-order valence-corrected chi connectivity index (χ1v) is 7.96. The Morgan fingerprint density at radius 2 is 1.84 bits per heavy atom. The molecule has 0 atom stereocenters. The van der Waals surface area contributed by atoms with Crippen molar-refractivity contribution in [1.82, 2.24) is 9.62 Å². The Bertz CT molecular complexity index is 532. The first-order valence-electron chi connectivity index (χ1n) is 6.52. The van der Waals surface area contributed by atoms with Gasteiger partial charge in [0.2, 0.25) is 10.0 Å². The molecular formula is C13H24N2O3S. The monoisotopic (exact) mass is 288 g/mol. The third kappa shape index (κ3) is 3.01. The molecule has 0 aromatic carbocycles. The minimum atomic E-state index is -3.51. The summed E-state index contributed by atoms with van der Waals surface area (Å²) in [6, 6.07) is -0.0768. The maximum absolute atomic E-state index is 12.8. The van der Waals surface area contributed by atoms with E-state index < -0.39 is 10.0 Å². The molecule has 110 valence electrons. The molecule has 0 saturated heterocycles. The average molecular weight is 288 g/mol. The zero-order chi connectivity index (χ0) is 14.8. The predicted octanol–water partition coefficient (Wildman–Crippen LogP) is 2.03. The van der Waals surface area contributed by atoms with E-state index in [-0.39, 0.29) is 6.04 Å². The molecule has 0 radical (unpaired) electrons. The molecular weight excluding hydrogens is 264 g/mol. The van der Waals surface area contributed by atoms with E-state index in [1.807, 2.05) is 20.8 Å². The van der Waals surface area contributed by atoms with E-state index in [9.17, 15) is 8.42 Å². The fraction of sp³-hybridized carbons (Fsp3) is 0.692. The normalized spacial score (nSPS) is 12.6. The Morgan fingerprint density at radius 3 is 2.26 bits per heavy atom. The van der Waals surface area contributed by atoms with E-state index in [2.05, 4.69) is 5.32 Å². The first kappa shape index (κ1) is 16.2. The molecule has 1 N–H and O–H groups in total. The van der Waals surface area contributed by atoms with Gasteiger partial charge in [0.05, 0.1) is 0 Å². The lowest BCUT2D eigenvalue weighted by molar-refractivity contribution is 0.367. The molecule has 0 spiro atoms. The number of nitrogens with zero attached hydrogens (tertiary/aromatic N) is 1. The summed E-state index contributed by atoms with van der Waals surface area (Å²) in [6.45, 7) is 10.0. The molecule has 0 fully saturated rings. The number of sulfonamides is 1. The number of rotatable bonds is 6. The van der Waals surface area contributed by atoms with Crippen LogP contribution in [0, 0.1) is 13.8 Å². The van der Waals surface area contributed by atoms with Gasteiger partial charge in [-0.25, -0.2) is 8.42 Å². The van der Waals surface area contributed by atoms with E-state index in [0.717, 1.165) is 5.56 Å². The molecule has 1 heterocycles. The van der Waals surface area contributed by atoms with Gasteiger partial charge in [-0.05, 0) is 34.7 Å². The highest BCUT2D eigenvalue weighted by Gasteiger charge is 2.32. The summed E-state index contributed by atoms with van der Waals surface area (Å²) < 4.78 is 32.5. The lowest BCUT2D eigenvalue weighted by Crippen LogP contribution is -2.37. The van der Waals surface area contributed by atoms with Crippen LogP contribution >= 0.6 is 0 Å². The van der Waals surface area contributed by atoms with Crippen LogP contribution in [0.5, 0.6) is 0 Å². The molecule has 1 aromatic rings. The Balaban J connectivity index is 3.43. The smallest absolute Gasteiger partial charge is 0.247 e. The number of nitrogens with one attached hydrogen (secondary N) is 1. The van der Waals surface area contributed by atoms with Crippen molar-refractivity contribution in [3.63, 3.8) is 0 Å². The minimum Gasteiger partial charge on any atom is -0.465 e. The second-order valence-corrected chi connectivity index (χ2v) is 6.68. The fourth-order valence-corrected chi connectivity index (χ4v) is 4.42. The molecule has 5 nitrogen and oxygen atoms in total. The molecule has 19 heavy (non-hydrogen) atoms. The topological polar surface area (TPSA) is 62.6 Å². The number of hydrogen-bond donors (Lipinski definition) is 1. The van der Waals surface area contributed by atoms with E-state index in [1.165, 1.54) is 4.31 Å². The van der Waals surface area contributed by atoms with E-state index in [1.54, 1.807) is 20.9 Å². The van der Waals surface area contributed by atoms with Gasteiger partial charge in [-0.1, -0.05) is 6.92 Å². The molecule has 0 amide bonds. The maximum Gasteiger partial charge on any atom is 0.247 e. The second-order valence-electron chi connectivity index (χ2n) is 4.85. The summed E-state index contributed by atoms with van der Waals surface area (Å²) in [7, 11) is -1.72. The number of furan rings is 1. The van der Waals surface area contributed by atoms with E-state index in [0.29, 0.717) is 29.5 Å². The van der Waals surface area contributed by atoms with Crippen molar-refractivity contribution in [1.29, 1.82) is 0 Å². The summed E-state index contributed by atoms with van der Waals surface area (Å²) in [5, 5.41) is 2.99. The summed E-state index contributed by atoms with van der Waals surface area (Å²) in [5.41, 5.74) is 0.721. The minimum absolute atomic E-state index is 0.0768. The molecule has 0 aliphatic rings. The first-order chi connectivity index (χ1) is 8.77. The van der Waals surface area contributed by atoms with E-state index in [4.69, 9.17) is 4.42 Å². The van der Waals surface area contributed by atoms with Gasteiger partial charge in [0.15, 0.2) is 0 Å². The predicted molar refractivity (Wildman–Crippen MR) is 75.6 cm³/mol. The third-order valence-electron chi connectivity index (χ3n) is 3.13. The van der Waals surface area contributed by atoms with Crippen molar-refractivity contribution < 1.29 is 12.8 Å². The van der Waals surface area contributed by atoms with Crippen LogP contribution in [-0.2, 0) is 16.6 Å². The SMILES string of the molecule is CCN(C(C)C)S(=O)(=O)c1c(C)oc(C)c1CNC. The van der Waals surface area contributed by atoms with Gasteiger partial charge < -0.3 is 9.73 Å². The molecule has 0 unspecified atom stereocenters. The third-order valence-corrected chi connectivity index (χ3v) is 5.48. The average Bonchev–Trinajstić information content (AvgIpc) is 2.54.